The number of carbonyl (C=O) groups excluding carboxylic acids is 2. The Bertz CT molecular complexity index is 249. The zero-order valence-electron chi connectivity index (χ0n) is 13.2. The molecular formula is C15H29NO4. The van der Waals surface area contributed by atoms with Gasteiger partial charge >= 0.3 is 12.1 Å². The molecule has 0 unspecified atom stereocenters. The van der Waals surface area contributed by atoms with Crippen molar-refractivity contribution in [3.8, 4) is 0 Å². The van der Waals surface area contributed by atoms with E-state index in [1.807, 2.05) is 27.7 Å². The van der Waals surface area contributed by atoms with Crippen LogP contribution in [0.25, 0.3) is 0 Å². The van der Waals surface area contributed by atoms with Crippen LogP contribution in [0.5, 0.6) is 0 Å². The van der Waals surface area contributed by atoms with Gasteiger partial charge < -0.3 is 14.8 Å². The Kier molecular flexibility index (Phi) is 10.8. The van der Waals surface area contributed by atoms with Gasteiger partial charge in [-0.25, -0.2) is 4.79 Å². The molecule has 118 valence electrons. The number of carbonyl (C=O) groups is 2. The second-order valence-corrected chi connectivity index (χ2v) is 5.81. The predicted molar refractivity (Wildman–Crippen MR) is 78.5 cm³/mol. The highest BCUT2D eigenvalue weighted by molar-refractivity contribution is 5.69. The van der Waals surface area contributed by atoms with Crippen LogP contribution in [0.2, 0.25) is 0 Å². The van der Waals surface area contributed by atoms with Gasteiger partial charge in [-0.1, -0.05) is 34.1 Å². The summed E-state index contributed by atoms with van der Waals surface area (Å²) in [5.74, 6) is 0.584. The SMILES string of the molecule is CC(C)COC(=O)CCCCCNC(=O)OCC(C)C. The van der Waals surface area contributed by atoms with Crippen molar-refractivity contribution < 1.29 is 19.1 Å². The third-order valence-electron chi connectivity index (χ3n) is 2.45. The number of hydrogen-bond acceptors (Lipinski definition) is 4. The Hall–Kier alpha value is -1.26. The van der Waals surface area contributed by atoms with Crippen LogP contribution in [-0.2, 0) is 14.3 Å². The van der Waals surface area contributed by atoms with Gasteiger partial charge in [-0.2, -0.15) is 0 Å². The summed E-state index contributed by atoms with van der Waals surface area (Å²) in [5.41, 5.74) is 0. The average molecular weight is 287 g/mol. The molecule has 20 heavy (non-hydrogen) atoms. The van der Waals surface area contributed by atoms with E-state index >= 15 is 0 Å². The first-order valence-electron chi connectivity index (χ1n) is 7.48. The molecule has 0 rings (SSSR count). The molecule has 1 amide bonds. The van der Waals surface area contributed by atoms with Crippen LogP contribution in [0, 0.1) is 11.8 Å². The summed E-state index contributed by atoms with van der Waals surface area (Å²) in [6, 6.07) is 0. The zero-order chi connectivity index (χ0) is 15.4. The maximum Gasteiger partial charge on any atom is 0.407 e. The van der Waals surface area contributed by atoms with Crippen LogP contribution in [0.15, 0.2) is 0 Å². The summed E-state index contributed by atoms with van der Waals surface area (Å²) in [6.07, 6.45) is 2.61. The molecule has 0 heterocycles. The third kappa shape index (κ3) is 13.2. The van der Waals surface area contributed by atoms with Crippen molar-refractivity contribution in [2.45, 2.75) is 53.4 Å². The van der Waals surface area contributed by atoms with Gasteiger partial charge in [-0.05, 0) is 24.7 Å². The Morgan fingerprint density at radius 1 is 0.900 bits per heavy atom. The van der Waals surface area contributed by atoms with E-state index < -0.39 is 0 Å². The topological polar surface area (TPSA) is 64.6 Å². The van der Waals surface area contributed by atoms with Gasteiger partial charge in [0.2, 0.25) is 0 Å². The maximum absolute atomic E-state index is 11.3. The molecule has 0 aromatic carbocycles. The first-order valence-corrected chi connectivity index (χ1v) is 7.48. The van der Waals surface area contributed by atoms with Gasteiger partial charge in [-0.15, -0.1) is 0 Å². The molecule has 0 saturated heterocycles. The zero-order valence-corrected chi connectivity index (χ0v) is 13.2. The predicted octanol–water partition coefficient (Wildman–Crippen LogP) is 3.13. The number of ether oxygens (including phenoxy) is 2. The molecule has 0 aliphatic carbocycles. The molecule has 0 bridgehead atoms. The fourth-order valence-corrected chi connectivity index (χ4v) is 1.39. The second kappa shape index (κ2) is 11.6. The fraction of sp³-hybridized carbons (Fsp3) is 0.867. The van der Waals surface area contributed by atoms with Gasteiger partial charge in [0.15, 0.2) is 0 Å². The van der Waals surface area contributed by atoms with Gasteiger partial charge in [0, 0.05) is 13.0 Å². The number of alkyl carbamates (subject to hydrolysis) is 1. The highest BCUT2D eigenvalue weighted by Gasteiger charge is 2.05. The smallest absolute Gasteiger partial charge is 0.407 e. The van der Waals surface area contributed by atoms with Crippen LogP contribution in [0.1, 0.15) is 53.4 Å². The van der Waals surface area contributed by atoms with Gasteiger partial charge in [0.25, 0.3) is 0 Å². The monoisotopic (exact) mass is 287 g/mol. The van der Waals surface area contributed by atoms with E-state index in [0.29, 0.717) is 38.0 Å². The van der Waals surface area contributed by atoms with Crippen molar-refractivity contribution in [1.82, 2.24) is 5.32 Å². The first kappa shape index (κ1) is 18.7. The van der Waals surface area contributed by atoms with Crippen molar-refractivity contribution in [3.63, 3.8) is 0 Å². The lowest BCUT2D eigenvalue weighted by molar-refractivity contribution is -0.144. The summed E-state index contributed by atoms with van der Waals surface area (Å²) in [5, 5.41) is 2.69. The van der Waals surface area contributed by atoms with E-state index in [1.54, 1.807) is 0 Å². The standard InChI is InChI=1S/C15H29NO4/c1-12(2)10-19-14(17)8-6-5-7-9-16-15(18)20-11-13(3)4/h12-13H,5-11H2,1-4H3,(H,16,18). The number of rotatable bonds is 10. The Morgan fingerprint density at radius 3 is 2.10 bits per heavy atom. The van der Waals surface area contributed by atoms with E-state index in [9.17, 15) is 9.59 Å². The third-order valence-corrected chi connectivity index (χ3v) is 2.45. The van der Waals surface area contributed by atoms with Crippen molar-refractivity contribution in [1.29, 1.82) is 0 Å². The molecule has 0 aliphatic heterocycles. The van der Waals surface area contributed by atoms with Crippen LogP contribution in [0.3, 0.4) is 0 Å². The molecule has 0 aromatic heterocycles. The largest absolute Gasteiger partial charge is 0.465 e. The van der Waals surface area contributed by atoms with Crippen molar-refractivity contribution >= 4 is 12.1 Å². The number of nitrogens with one attached hydrogen (secondary N) is 1. The molecule has 0 fully saturated rings. The van der Waals surface area contributed by atoms with Crippen molar-refractivity contribution in [3.05, 3.63) is 0 Å². The molecular weight excluding hydrogens is 258 g/mol. The minimum atomic E-state index is -0.366. The first-order chi connectivity index (χ1) is 9.41. The van der Waals surface area contributed by atoms with Crippen LogP contribution < -0.4 is 5.32 Å². The fourth-order valence-electron chi connectivity index (χ4n) is 1.39. The Balaban J connectivity index is 3.35. The van der Waals surface area contributed by atoms with Crippen LogP contribution in [-0.4, -0.2) is 31.8 Å². The minimum Gasteiger partial charge on any atom is -0.465 e. The molecule has 0 saturated carbocycles. The molecule has 5 heteroatoms. The summed E-state index contributed by atoms with van der Waals surface area (Å²) in [4.78, 5) is 22.6. The van der Waals surface area contributed by atoms with Gasteiger partial charge in [-0.3, -0.25) is 4.79 Å². The number of unbranched alkanes of at least 4 members (excludes halogenated alkanes) is 2. The van der Waals surface area contributed by atoms with E-state index in [1.165, 1.54) is 0 Å². The molecule has 0 spiro atoms. The molecule has 0 aliphatic rings. The van der Waals surface area contributed by atoms with Gasteiger partial charge in [0.1, 0.15) is 0 Å². The number of amides is 1. The highest BCUT2D eigenvalue weighted by Crippen LogP contribution is 2.02. The number of esters is 1. The Morgan fingerprint density at radius 2 is 1.50 bits per heavy atom. The number of hydrogen-bond donors (Lipinski definition) is 1. The second-order valence-electron chi connectivity index (χ2n) is 5.81. The van der Waals surface area contributed by atoms with Crippen LogP contribution >= 0.6 is 0 Å². The van der Waals surface area contributed by atoms with Crippen LogP contribution in [0.4, 0.5) is 4.79 Å². The lowest BCUT2D eigenvalue weighted by Gasteiger charge is -2.09. The maximum atomic E-state index is 11.3. The minimum absolute atomic E-state index is 0.136. The van der Waals surface area contributed by atoms with Crippen molar-refractivity contribution in [2.75, 3.05) is 19.8 Å². The molecule has 0 aromatic rings. The Labute approximate surface area is 122 Å². The summed E-state index contributed by atoms with van der Waals surface area (Å²) < 4.78 is 10.1. The molecule has 5 nitrogen and oxygen atoms in total. The molecule has 0 atom stereocenters. The van der Waals surface area contributed by atoms with E-state index in [0.717, 1.165) is 19.3 Å². The lowest BCUT2D eigenvalue weighted by atomic mass is 10.2. The highest BCUT2D eigenvalue weighted by atomic mass is 16.5. The van der Waals surface area contributed by atoms with Gasteiger partial charge in [0.05, 0.1) is 13.2 Å². The summed E-state index contributed by atoms with van der Waals surface area (Å²) >= 11 is 0. The lowest BCUT2D eigenvalue weighted by Crippen LogP contribution is -2.26. The van der Waals surface area contributed by atoms with Crippen molar-refractivity contribution in [2.24, 2.45) is 11.8 Å². The quantitative estimate of drug-likeness (QED) is 0.495. The van der Waals surface area contributed by atoms with E-state index in [2.05, 4.69) is 5.32 Å². The normalized spacial score (nSPS) is 10.7. The average Bonchev–Trinajstić information content (AvgIpc) is 2.37. The molecule has 0 radical (unpaired) electrons. The summed E-state index contributed by atoms with van der Waals surface area (Å²) in [7, 11) is 0. The molecule has 1 N–H and O–H groups in total. The van der Waals surface area contributed by atoms with E-state index in [4.69, 9.17) is 9.47 Å². The summed E-state index contributed by atoms with van der Waals surface area (Å²) in [6.45, 7) is 9.51. The van der Waals surface area contributed by atoms with E-state index in [-0.39, 0.29) is 12.1 Å².